The van der Waals surface area contributed by atoms with Gasteiger partial charge in [0.25, 0.3) is 0 Å². The number of hydrogen-bond donors (Lipinski definition) is 0. The molecule has 1 amide bonds. The lowest BCUT2D eigenvalue weighted by Gasteiger charge is -2.35. The van der Waals surface area contributed by atoms with Gasteiger partial charge in [-0.15, -0.1) is 0 Å². The Hall–Kier alpha value is -2.88. The first kappa shape index (κ1) is 22.9. The van der Waals surface area contributed by atoms with E-state index in [2.05, 4.69) is 20.3 Å². The molecule has 0 spiro atoms. The molecule has 0 N–H and O–H groups in total. The van der Waals surface area contributed by atoms with E-state index in [0.717, 1.165) is 60.7 Å². The summed E-state index contributed by atoms with van der Waals surface area (Å²) in [5, 5.41) is 1.46. The highest BCUT2D eigenvalue weighted by molar-refractivity contribution is 7.09. The molecule has 2 aliphatic heterocycles. The van der Waals surface area contributed by atoms with E-state index in [0.29, 0.717) is 11.4 Å². The van der Waals surface area contributed by atoms with E-state index in [4.69, 9.17) is 21.1 Å². The number of rotatable bonds is 7. The van der Waals surface area contributed by atoms with Crippen molar-refractivity contribution in [3.05, 3.63) is 64.4 Å². The zero-order valence-corrected chi connectivity index (χ0v) is 20.5. The monoisotopic (exact) mass is 499 g/mol. The molecule has 2 aliphatic rings. The van der Waals surface area contributed by atoms with Crippen molar-refractivity contribution in [3.63, 3.8) is 0 Å². The van der Waals surface area contributed by atoms with Gasteiger partial charge in [-0.3, -0.25) is 9.69 Å². The predicted molar refractivity (Wildman–Crippen MR) is 132 cm³/mol. The van der Waals surface area contributed by atoms with Gasteiger partial charge in [0.1, 0.15) is 5.82 Å². The molecule has 8 nitrogen and oxygen atoms in total. The van der Waals surface area contributed by atoms with Crippen LogP contribution in [0.3, 0.4) is 0 Å². The van der Waals surface area contributed by atoms with Crippen molar-refractivity contribution in [1.82, 2.24) is 19.2 Å². The quantitative estimate of drug-likeness (QED) is 0.494. The molecule has 0 bridgehead atoms. The van der Waals surface area contributed by atoms with Gasteiger partial charge in [0.15, 0.2) is 11.5 Å². The van der Waals surface area contributed by atoms with Crippen LogP contribution in [-0.2, 0) is 17.8 Å². The van der Waals surface area contributed by atoms with Crippen molar-refractivity contribution < 1.29 is 14.3 Å². The number of carbonyl (C=O) groups is 1. The van der Waals surface area contributed by atoms with Crippen molar-refractivity contribution in [1.29, 1.82) is 0 Å². The molecule has 0 aliphatic carbocycles. The number of halogens is 1. The van der Waals surface area contributed by atoms with Crippen molar-refractivity contribution in [2.24, 2.45) is 0 Å². The van der Waals surface area contributed by atoms with Gasteiger partial charge in [0.2, 0.25) is 17.8 Å². The van der Waals surface area contributed by atoms with E-state index in [1.165, 1.54) is 17.1 Å². The van der Waals surface area contributed by atoms with Gasteiger partial charge in [-0.25, -0.2) is 4.98 Å². The van der Waals surface area contributed by atoms with E-state index in [1.54, 1.807) is 0 Å². The molecule has 0 saturated carbocycles. The summed E-state index contributed by atoms with van der Waals surface area (Å²) >= 11 is 7.27. The lowest BCUT2D eigenvalue weighted by atomic mass is 10.1. The van der Waals surface area contributed by atoms with Crippen molar-refractivity contribution in [2.45, 2.75) is 13.0 Å². The Morgan fingerprint density at radius 2 is 1.79 bits per heavy atom. The molecular weight excluding hydrogens is 474 g/mol. The molecule has 10 heteroatoms. The molecule has 1 fully saturated rings. The molecule has 1 saturated heterocycles. The maximum atomic E-state index is 12.9. The van der Waals surface area contributed by atoms with Crippen LogP contribution < -0.4 is 14.4 Å². The fraction of sp³-hybridized carbons (Fsp3) is 0.375. The molecule has 0 unspecified atom stereocenters. The zero-order valence-electron chi connectivity index (χ0n) is 18.9. The Kier molecular flexibility index (Phi) is 6.85. The van der Waals surface area contributed by atoms with Crippen molar-refractivity contribution in [3.8, 4) is 11.5 Å². The number of benzene rings is 2. The highest BCUT2D eigenvalue weighted by atomic mass is 35.5. The average Bonchev–Trinajstić information content (AvgIpc) is 3.50. The summed E-state index contributed by atoms with van der Waals surface area (Å²) < 4.78 is 15.3. The maximum absolute atomic E-state index is 12.9. The van der Waals surface area contributed by atoms with Crippen LogP contribution in [0.15, 0.2) is 42.5 Å². The largest absolute Gasteiger partial charge is 0.454 e. The van der Waals surface area contributed by atoms with E-state index < -0.39 is 0 Å². The summed E-state index contributed by atoms with van der Waals surface area (Å²) in [4.78, 5) is 23.7. The van der Waals surface area contributed by atoms with Gasteiger partial charge in [0, 0.05) is 62.7 Å². The van der Waals surface area contributed by atoms with Gasteiger partial charge < -0.3 is 19.3 Å². The lowest BCUT2D eigenvalue weighted by Crippen LogP contribution is -2.50. The summed E-state index contributed by atoms with van der Waals surface area (Å²) in [6, 6.07) is 13.8. The number of hydrogen-bond acceptors (Lipinski definition) is 8. The Morgan fingerprint density at radius 1 is 1.06 bits per heavy atom. The minimum Gasteiger partial charge on any atom is -0.454 e. The second-order valence-electron chi connectivity index (χ2n) is 8.50. The van der Waals surface area contributed by atoms with E-state index >= 15 is 0 Å². The minimum atomic E-state index is 0.111. The lowest BCUT2D eigenvalue weighted by molar-refractivity contribution is -0.131. The SMILES string of the molecule is CN(CC(=O)N1CCN(Cc2ccc3c(c2)OCO3)CC1)c1nc(Cc2ccc(Cl)cc2)ns1. The van der Waals surface area contributed by atoms with Gasteiger partial charge >= 0.3 is 0 Å². The summed E-state index contributed by atoms with van der Waals surface area (Å²) in [5.74, 6) is 2.47. The number of anilines is 1. The molecule has 178 valence electrons. The van der Waals surface area contributed by atoms with E-state index in [-0.39, 0.29) is 19.2 Å². The summed E-state index contributed by atoms with van der Waals surface area (Å²) in [5.41, 5.74) is 2.29. The number of fused-ring (bicyclic) bond motifs is 1. The normalized spacial score (nSPS) is 15.5. The zero-order chi connectivity index (χ0) is 23.5. The average molecular weight is 500 g/mol. The number of likely N-dealkylation sites (N-methyl/N-ethyl adjacent to an activating group) is 1. The first-order valence-electron chi connectivity index (χ1n) is 11.2. The maximum Gasteiger partial charge on any atom is 0.242 e. The second kappa shape index (κ2) is 10.2. The number of carbonyl (C=O) groups excluding carboxylic acids is 1. The van der Waals surface area contributed by atoms with Gasteiger partial charge in [-0.2, -0.15) is 4.37 Å². The standard InChI is InChI=1S/C24H26ClN5O3S/c1-28(24-26-22(27-34-24)13-17-2-5-19(25)6-3-17)15-23(31)30-10-8-29(9-11-30)14-18-4-7-20-21(12-18)33-16-32-20/h2-7,12H,8-11,13-16H2,1H3. The van der Waals surface area contributed by atoms with Crippen LogP contribution in [0.4, 0.5) is 5.13 Å². The number of ether oxygens (including phenoxy) is 2. The fourth-order valence-electron chi connectivity index (χ4n) is 4.08. The Labute approximate surface area is 207 Å². The Morgan fingerprint density at radius 3 is 2.59 bits per heavy atom. The molecule has 0 radical (unpaired) electrons. The van der Waals surface area contributed by atoms with Gasteiger partial charge in [-0.1, -0.05) is 29.8 Å². The van der Waals surface area contributed by atoms with Crippen LogP contribution in [0.5, 0.6) is 11.5 Å². The smallest absolute Gasteiger partial charge is 0.242 e. The van der Waals surface area contributed by atoms with E-state index in [1.807, 2.05) is 53.2 Å². The molecule has 3 aromatic rings. The second-order valence-corrected chi connectivity index (χ2v) is 9.66. The van der Waals surface area contributed by atoms with Crippen LogP contribution in [0.1, 0.15) is 17.0 Å². The van der Waals surface area contributed by atoms with Crippen LogP contribution in [-0.4, -0.2) is 71.6 Å². The summed E-state index contributed by atoms with van der Waals surface area (Å²) in [6.45, 7) is 4.53. The third kappa shape index (κ3) is 5.43. The first-order chi connectivity index (χ1) is 16.5. The highest BCUT2D eigenvalue weighted by Crippen LogP contribution is 2.32. The molecule has 3 heterocycles. The number of amides is 1. The highest BCUT2D eigenvalue weighted by Gasteiger charge is 2.23. The third-order valence-corrected chi connectivity index (χ3v) is 7.12. The topological polar surface area (TPSA) is 71.0 Å². The van der Waals surface area contributed by atoms with Crippen LogP contribution in [0, 0.1) is 0 Å². The van der Waals surface area contributed by atoms with Crippen LogP contribution >= 0.6 is 23.1 Å². The van der Waals surface area contributed by atoms with E-state index in [9.17, 15) is 4.79 Å². The summed E-state index contributed by atoms with van der Waals surface area (Å²) in [6.07, 6.45) is 0.640. The first-order valence-corrected chi connectivity index (χ1v) is 12.4. The number of aromatic nitrogens is 2. The van der Waals surface area contributed by atoms with Crippen LogP contribution in [0.25, 0.3) is 0 Å². The molecule has 5 rings (SSSR count). The molecule has 34 heavy (non-hydrogen) atoms. The molecule has 0 atom stereocenters. The molecule has 1 aromatic heterocycles. The van der Waals surface area contributed by atoms with Gasteiger partial charge in [0.05, 0.1) is 6.54 Å². The van der Waals surface area contributed by atoms with Crippen LogP contribution in [0.2, 0.25) is 5.02 Å². The molecular formula is C24H26ClN5O3S. The number of piperazine rings is 1. The Bertz CT molecular complexity index is 1150. The van der Waals surface area contributed by atoms with Crippen molar-refractivity contribution >= 4 is 34.2 Å². The fourth-order valence-corrected chi connectivity index (χ4v) is 4.85. The van der Waals surface area contributed by atoms with Crippen molar-refractivity contribution in [2.75, 3.05) is 51.5 Å². The third-order valence-electron chi connectivity index (χ3n) is 6.00. The minimum absolute atomic E-state index is 0.111. The summed E-state index contributed by atoms with van der Waals surface area (Å²) in [7, 11) is 1.89. The predicted octanol–water partition coefficient (Wildman–Crippen LogP) is 3.29. The number of nitrogens with zero attached hydrogens (tertiary/aromatic N) is 5. The van der Waals surface area contributed by atoms with Gasteiger partial charge in [-0.05, 0) is 35.4 Å². The molecule has 2 aromatic carbocycles. The Balaban J connectivity index is 1.09.